The van der Waals surface area contributed by atoms with Gasteiger partial charge in [0.2, 0.25) is 0 Å². The van der Waals surface area contributed by atoms with Crippen molar-refractivity contribution in [3.05, 3.63) is 59.7 Å². The number of amides is 2. The summed E-state index contributed by atoms with van der Waals surface area (Å²) in [6.07, 6.45) is -5.02. The molecule has 2 rings (SSSR count). The van der Waals surface area contributed by atoms with Gasteiger partial charge in [-0.05, 0) is 23.8 Å². The van der Waals surface area contributed by atoms with Gasteiger partial charge in [0.15, 0.2) is 18.1 Å². The van der Waals surface area contributed by atoms with E-state index >= 15 is 0 Å². The van der Waals surface area contributed by atoms with Crippen molar-refractivity contribution in [3.63, 3.8) is 0 Å². The highest BCUT2D eigenvalue weighted by molar-refractivity contribution is 5.95. The Hall–Kier alpha value is -3.23. The number of primary amides is 1. The second kappa shape index (κ2) is 9.12. The third-order valence-electron chi connectivity index (χ3n) is 3.78. The van der Waals surface area contributed by atoms with Crippen LogP contribution in [-0.4, -0.2) is 37.7 Å². The Labute approximate surface area is 159 Å². The van der Waals surface area contributed by atoms with E-state index in [2.05, 4.69) is 0 Å². The van der Waals surface area contributed by atoms with E-state index in [-0.39, 0.29) is 17.1 Å². The third-order valence-corrected chi connectivity index (χ3v) is 3.78. The Kier molecular flexibility index (Phi) is 6.86. The first kappa shape index (κ1) is 21.1. The lowest BCUT2D eigenvalue weighted by molar-refractivity contribution is -0.153. The van der Waals surface area contributed by atoms with Crippen LogP contribution >= 0.6 is 0 Å². The van der Waals surface area contributed by atoms with Crippen molar-refractivity contribution < 1.29 is 32.2 Å². The molecule has 0 spiro atoms. The molecule has 0 aliphatic carbocycles. The summed E-state index contributed by atoms with van der Waals surface area (Å²) >= 11 is 0. The SMILES string of the molecule is COc1cc(C(=O)NC(Cc2ccccc2)C(F)(F)F)ccc1OCC(N)=O. The average molecular weight is 396 g/mol. The molecule has 2 aromatic rings. The highest BCUT2D eigenvalue weighted by Crippen LogP contribution is 2.29. The van der Waals surface area contributed by atoms with Gasteiger partial charge in [-0.2, -0.15) is 13.2 Å². The van der Waals surface area contributed by atoms with Crippen LogP contribution in [0.15, 0.2) is 48.5 Å². The predicted octanol–water partition coefficient (Wildman–Crippen LogP) is 2.46. The first-order valence-corrected chi connectivity index (χ1v) is 8.21. The van der Waals surface area contributed by atoms with E-state index in [0.717, 1.165) is 0 Å². The van der Waals surface area contributed by atoms with Gasteiger partial charge < -0.3 is 20.5 Å². The molecule has 6 nitrogen and oxygen atoms in total. The second-order valence-corrected chi connectivity index (χ2v) is 5.88. The van der Waals surface area contributed by atoms with Crippen molar-refractivity contribution >= 4 is 11.8 Å². The van der Waals surface area contributed by atoms with Crippen molar-refractivity contribution in [1.82, 2.24) is 5.32 Å². The highest BCUT2D eigenvalue weighted by Gasteiger charge is 2.40. The smallest absolute Gasteiger partial charge is 0.408 e. The van der Waals surface area contributed by atoms with Gasteiger partial charge in [-0.3, -0.25) is 9.59 Å². The molecule has 0 aromatic heterocycles. The number of methoxy groups -OCH3 is 1. The number of hydrogen-bond acceptors (Lipinski definition) is 4. The summed E-state index contributed by atoms with van der Waals surface area (Å²) < 4.78 is 50.3. The quantitative estimate of drug-likeness (QED) is 0.717. The molecule has 0 fully saturated rings. The van der Waals surface area contributed by atoms with Crippen LogP contribution in [0.25, 0.3) is 0 Å². The molecule has 1 unspecified atom stereocenters. The lowest BCUT2D eigenvalue weighted by Gasteiger charge is -2.22. The molecule has 28 heavy (non-hydrogen) atoms. The van der Waals surface area contributed by atoms with E-state index in [1.54, 1.807) is 30.3 Å². The van der Waals surface area contributed by atoms with Crippen LogP contribution in [0, 0.1) is 0 Å². The maximum atomic E-state index is 13.4. The van der Waals surface area contributed by atoms with Gasteiger partial charge in [0.25, 0.3) is 11.8 Å². The van der Waals surface area contributed by atoms with Gasteiger partial charge in [-0.15, -0.1) is 0 Å². The van der Waals surface area contributed by atoms with E-state index in [4.69, 9.17) is 15.2 Å². The minimum Gasteiger partial charge on any atom is -0.493 e. The number of carbonyl (C=O) groups is 2. The van der Waals surface area contributed by atoms with Gasteiger partial charge in [0.05, 0.1) is 7.11 Å². The summed E-state index contributed by atoms with van der Waals surface area (Å²) in [5.41, 5.74) is 5.39. The minimum atomic E-state index is -4.62. The second-order valence-electron chi connectivity index (χ2n) is 5.88. The number of halogens is 3. The summed E-state index contributed by atoms with van der Waals surface area (Å²) in [4.78, 5) is 23.2. The third kappa shape index (κ3) is 5.90. The van der Waals surface area contributed by atoms with Crippen LogP contribution in [0.5, 0.6) is 11.5 Å². The first-order chi connectivity index (χ1) is 13.2. The largest absolute Gasteiger partial charge is 0.493 e. The Morgan fingerprint density at radius 3 is 2.36 bits per heavy atom. The summed E-state index contributed by atoms with van der Waals surface area (Å²) in [6.45, 7) is -0.408. The van der Waals surface area contributed by atoms with E-state index in [1.807, 2.05) is 5.32 Å². The molecule has 2 aromatic carbocycles. The van der Waals surface area contributed by atoms with E-state index < -0.39 is 37.1 Å². The summed E-state index contributed by atoms with van der Waals surface area (Å²) in [5.74, 6) is -1.41. The van der Waals surface area contributed by atoms with Crippen molar-refractivity contribution in [1.29, 1.82) is 0 Å². The van der Waals surface area contributed by atoms with Gasteiger partial charge in [-0.1, -0.05) is 30.3 Å². The minimum absolute atomic E-state index is 0.0504. The zero-order valence-corrected chi connectivity index (χ0v) is 15.0. The lowest BCUT2D eigenvalue weighted by Crippen LogP contribution is -2.46. The number of carbonyl (C=O) groups excluding carboxylic acids is 2. The van der Waals surface area contributed by atoms with Crippen LogP contribution in [0.1, 0.15) is 15.9 Å². The lowest BCUT2D eigenvalue weighted by atomic mass is 10.0. The molecule has 0 aliphatic rings. The molecule has 0 radical (unpaired) electrons. The molecular weight excluding hydrogens is 377 g/mol. The molecule has 0 bridgehead atoms. The number of ether oxygens (including phenoxy) is 2. The average Bonchev–Trinajstić information content (AvgIpc) is 2.65. The van der Waals surface area contributed by atoms with Crippen LogP contribution in [0.4, 0.5) is 13.2 Å². The van der Waals surface area contributed by atoms with E-state index in [9.17, 15) is 22.8 Å². The van der Waals surface area contributed by atoms with Crippen molar-refractivity contribution in [2.45, 2.75) is 18.6 Å². The number of benzene rings is 2. The first-order valence-electron chi connectivity index (χ1n) is 8.21. The van der Waals surface area contributed by atoms with Crippen molar-refractivity contribution in [2.24, 2.45) is 5.73 Å². The highest BCUT2D eigenvalue weighted by atomic mass is 19.4. The fourth-order valence-corrected chi connectivity index (χ4v) is 2.42. The molecule has 0 aliphatic heterocycles. The fourth-order valence-electron chi connectivity index (χ4n) is 2.42. The summed E-state index contributed by atoms with van der Waals surface area (Å²) in [6, 6.07) is 9.80. The van der Waals surface area contributed by atoms with Crippen molar-refractivity contribution in [2.75, 3.05) is 13.7 Å². The summed E-state index contributed by atoms with van der Waals surface area (Å²) in [7, 11) is 1.29. The number of hydrogen-bond donors (Lipinski definition) is 2. The topological polar surface area (TPSA) is 90.7 Å². The number of nitrogens with two attached hydrogens (primary N) is 1. The molecule has 0 saturated carbocycles. The molecule has 2 amide bonds. The Balaban J connectivity index is 2.17. The Bertz CT molecular complexity index is 826. The van der Waals surface area contributed by atoms with Crippen LogP contribution in [-0.2, 0) is 11.2 Å². The molecule has 0 saturated heterocycles. The number of nitrogens with one attached hydrogen (secondary N) is 1. The van der Waals surface area contributed by atoms with Gasteiger partial charge in [-0.25, -0.2) is 0 Å². The zero-order valence-electron chi connectivity index (χ0n) is 15.0. The Morgan fingerprint density at radius 1 is 1.11 bits per heavy atom. The standard InChI is InChI=1S/C19H19F3N2O4/c1-27-15-10-13(7-8-14(15)28-11-17(23)25)18(26)24-16(19(20,21)22)9-12-5-3-2-4-6-12/h2-8,10,16H,9,11H2,1H3,(H2,23,25)(H,24,26). The molecule has 0 heterocycles. The molecule has 150 valence electrons. The van der Waals surface area contributed by atoms with Gasteiger partial charge in [0, 0.05) is 12.0 Å². The van der Waals surface area contributed by atoms with Crippen LogP contribution < -0.4 is 20.5 Å². The monoisotopic (exact) mass is 396 g/mol. The number of alkyl halides is 3. The fraction of sp³-hybridized carbons (Fsp3) is 0.263. The maximum Gasteiger partial charge on any atom is 0.408 e. The maximum absolute atomic E-state index is 13.4. The molecule has 9 heteroatoms. The zero-order chi connectivity index (χ0) is 20.7. The number of rotatable bonds is 8. The van der Waals surface area contributed by atoms with Gasteiger partial charge in [0.1, 0.15) is 6.04 Å². The van der Waals surface area contributed by atoms with Crippen molar-refractivity contribution in [3.8, 4) is 11.5 Å². The van der Waals surface area contributed by atoms with E-state index in [0.29, 0.717) is 5.56 Å². The van der Waals surface area contributed by atoms with Gasteiger partial charge >= 0.3 is 6.18 Å². The Morgan fingerprint density at radius 2 is 1.79 bits per heavy atom. The molecule has 1 atom stereocenters. The normalized spacial score (nSPS) is 12.1. The van der Waals surface area contributed by atoms with E-state index in [1.165, 1.54) is 25.3 Å². The molecular formula is C19H19F3N2O4. The van der Waals surface area contributed by atoms with Crippen LogP contribution in [0.2, 0.25) is 0 Å². The van der Waals surface area contributed by atoms with Crippen LogP contribution in [0.3, 0.4) is 0 Å². The molecule has 3 N–H and O–H groups in total. The predicted molar refractivity (Wildman–Crippen MR) is 95.1 cm³/mol. The summed E-state index contributed by atoms with van der Waals surface area (Å²) in [5, 5.41) is 2.01.